The molecule has 0 aliphatic carbocycles. The summed E-state index contributed by atoms with van der Waals surface area (Å²) in [5.41, 5.74) is 3.23. The monoisotopic (exact) mass is 317 g/mol. The Morgan fingerprint density at radius 3 is 2.91 bits per heavy atom. The summed E-state index contributed by atoms with van der Waals surface area (Å²) in [5.74, 6) is 0. The Morgan fingerprint density at radius 1 is 1.32 bits per heavy atom. The quantitative estimate of drug-likeness (QED) is 0.669. The molecule has 0 radical (unpaired) electrons. The third kappa shape index (κ3) is 3.50. The van der Waals surface area contributed by atoms with Gasteiger partial charge in [-0.05, 0) is 18.2 Å². The number of nitrogens with one attached hydrogen (secondary N) is 1. The zero-order valence-electron chi connectivity index (χ0n) is 12.1. The zero-order valence-corrected chi connectivity index (χ0v) is 12.9. The highest BCUT2D eigenvalue weighted by Crippen LogP contribution is 2.18. The van der Waals surface area contributed by atoms with Crippen molar-refractivity contribution in [1.29, 1.82) is 5.41 Å². The summed E-state index contributed by atoms with van der Waals surface area (Å²) in [4.78, 5) is 8.66. The van der Waals surface area contributed by atoms with Crippen LogP contribution in [0.3, 0.4) is 0 Å². The molecule has 1 aliphatic rings. The lowest BCUT2D eigenvalue weighted by molar-refractivity contribution is -0.630. The molecule has 0 amide bonds. The predicted octanol–water partition coefficient (Wildman–Crippen LogP) is 2.02. The Hall–Kier alpha value is -1.82. The molecule has 0 atom stereocenters. The van der Waals surface area contributed by atoms with Gasteiger partial charge < -0.3 is 15.5 Å². The minimum Gasteiger partial charge on any atom is -0.381 e. The van der Waals surface area contributed by atoms with E-state index < -0.39 is 0 Å². The number of ether oxygens (including phenoxy) is 1. The maximum absolute atomic E-state index is 7.65. The molecule has 22 heavy (non-hydrogen) atoms. The Kier molecular flexibility index (Phi) is 4.77. The summed E-state index contributed by atoms with van der Waals surface area (Å²) in [5, 5.41) is 10.3. The number of rotatable bonds is 4. The molecule has 0 unspecified atom stereocenters. The number of hydrogen-bond acceptors (Lipinski definition) is 4. The van der Waals surface area contributed by atoms with Crippen LogP contribution in [0.15, 0.2) is 30.6 Å². The molecular formula is C16H18ClN4O+. The summed E-state index contributed by atoms with van der Waals surface area (Å²) in [6.45, 7) is 1.63. The van der Waals surface area contributed by atoms with Gasteiger partial charge in [-0.1, -0.05) is 11.6 Å². The molecule has 3 heterocycles. The number of halogens is 1. The Bertz CT molecular complexity index is 710. The van der Waals surface area contributed by atoms with Gasteiger partial charge in [0.2, 0.25) is 0 Å². The SMILES string of the molecule is N=C/C(=C\[NH2+]C1CCOCC1)c1cnc2ccc(Cl)nc2c1. The van der Waals surface area contributed by atoms with E-state index in [1.165, 1.54) is 6.21 Å². The summed E-state index contributed by atoms with van der Waals surface area (Å²) in [6.07, 6.45) is 7.19. The van der Waals surface area contributed by atoms with Gasteiger partial charge in [0.05, 0.1) is 35.9 Å². The lowest BCUT2D eigenvalue weighted by atomic mass is 10.1. The second kappa shape index (κ2) is 6.96. The molecule has 5 nitrogen and oxygen atoms in total. The summed E-state index contributed by atoms with van der Waals surface area (Å²) < 4.78 is 5.36. The molecule has 0 aromatic carbocycles. The van der Waals surface area contributed by atoms with Crippen LogP contribution in [0, 0.1) is 5.41 Å². The minimum absolute atomic E-state index is 0.445. The maximum atomic E-state index is 7.65. The third-order valence-corrected chi connectivity index (χ3v) is 4.02. The maximum Gasteiger partial charge on any atom is 0.129 e. The summed E-state index contributed by atoms with van der Waals surface area (Å²) in [6, 6.07) is 6.01. The fourth-order valence-corrected chi connectivity index (χ4v) is 2.67. The molecule has 114 valence electrons. The van der Waals surface area contributed by atoms with E-state index in [2.05, 4.69) is 15.3 Å². The van der Waals surface area contributed by atoms with Gasteiger partial charge in [0.1, 0.15) is 11.4 Å². The first-order valence-electron chi connectivity index (χ1n) is 7.32. The molecule has 1 aliphatic heterocycles. The number of nitrogens with two attached hydrogens (primary N) is 1. The van der Waals surface area contributed by atoms with Crippen LogP contribution in [0.2, 0.25) is 5.15 Å². The van der Waals surface area contributed by atoms with E-state index in [9.17, 15) is 0 Å². The molecule has 2 aromatic heterocycles. The van der Waals surface area contributed by atoms with Crippen LogP contribution >= 0.6 is 11.6 Å². The molecule has 3 rings (SSSR count). The Balaban J connectivity index is 1.84. The van der Waals surface area contributed by atoms with Crippen molar-refractivity contribution in [3.8, 4) is 0 Å². The second-order valence-electron chi connectivity index (χ2n) is 5.30. The van der Waals surface area contributed by atoms with Crippen molar-refractivity contribution in [1.82, 2.24) is 9.97 Å². The third-order valence-electron chi connectivity index (χ3n) is 3.81. The van der Waals surface area contributed by atoms with Gasteiger partial charge in [-0.2, -0.15) is 0 Å². The average molecular weight is 318 g/mol. The molecule has 0 bridgehead atoms. The van der Waals surface area contributed by atoms with Crippen molar-refractivity contribution in [2.75, 3.05) is 13.2 Å². The summed E-state index contributed by atoms with van der Waals surface area (Å²) in [7, 11) is 0. The molecule has 3 N–H and O–H groups in total. The van der Waals surface area contributed by atoms with Crippen LogP contribution in [0.5, 0.6) is 0 Å². The van der Waals surface area contributed by atoms with E-state index in [-0.39, 0.29) is 0 Å². The van der Waals surface area contributed by atoms with E-state index in [0.29, 0.717) is 11.2 Å². The van der Waals surface area contributed by atoms with Crippen LogP contribution in [0.25, 0.3) is 16.6 Å². The van der Waals surface area contributed by atoms with Gasteiger partial charge in [-0.25, -0.2) is 4.98 Å². The van der Waals surface area contributed by atoms with Gasteiger partial charge in [0, 0.05) is 30.8 Å². The lowest BCUT2D eigenvalue weighted by Gasteiger charge is -2.18. The van der Waals surface area contributed by atoms with Crippen LogP contribution in [0.1, 0.15) is 18.4 Å². The molecule has 0 saturated carbocycles. The van der Waals surface area contributed by atoms with E-state index in [1.807, 2.05) is 18.3 Å². The number of aromatic nitrogens is 2. The molecule has 6 heteroatoms. The molecular weight excluding hydrogens is 300 g/mol. The van der Waals surface area contributed by atoms with Gasteiger partial charge >= 0.3 is 0 Å². The largest absolute Gasteiger partial charge is 0.381 e. The van der Waals surface area contributed by atoms with Crippen LogP contribution in [-0.2, 0) is 4.74 Å². The Morgan fingerprint density at radius 2 is 2.14 bits per heavy atom. The van der Waals surface area contributed by atoms with Crippen LogP contribution in [-0.4, -0.2) is 35.4 Å². The van der Waals surface area contributed by atoms with Crippen molar-refractivity contribution >= 4 is 34.4 Å². The van der Waals surface area contributed by atoms with Gasteiger partial charge in [-0.3, -0.25) is 4.98 Å². The first-order valence-corrected chi connectivity index (χ1v) is 7.70. The minimum atomic E-state index is 0.445. The van der Waals surface area contributed by atoms with Crippen LogP contribution < -0.4 is 5.32 Å². The van der Waals surface area contributed by atoms with Gasteiger partial charge in [0.15, 0.2) is 0 Å². The highest BCUT2D eigenvalue weighted by Gasteiger charge is 2.15. The van der Waals surface area contributed by atoms with E-state index in [1.54, 1.807) is 12.3 Å². The second-order valence-corrected chi connectivity index (χ2v) is 5.69. The fourth-order valence-electron chi connectivity index (χ4n) is 2.52. The first kappa shape index (κ1) is 15.1. The smallest absolute Gasteiger partial charge is 0.129 e. The topological polar surface area (TPSA) is 75.5 Å². The number of pyridine rings is 2. The lowest BCUT2D eigenvalue weighted by Crippen LogP contribution is -2.85. The number of nitrogens with zero attached hydrogens (tertiary/aromatic N) is 2. The summed E-state index contributed by atoms with van der Waals surface area (Å²) >= 11 is 5.93. The number of quaternary nitrogens is 1. The fraction of sp³-hybridized carbons (Fsp3) is 0.312. The van der Waals surface area contributed by atoms with E-state index in [4.69, 9.17) is 21.7 Å². The molecule has 0 spiro atoms. The Labute approximate surface area is 133 Å². The first-order chi connectivity index (χ1) is 10.8. The number of hydrogen-bond donors (Lipinski definition) is 2. The number of fused-ring (bicyclic) bond motifs is 1. The molecule has 2 aromatic rings. The highest BCUT2D eigenvalue weighted by molar-refractivity contribution is 6.29. The van der Waals surface area contributed by atoms with Crippen molar-refractivity contribution in [2.45, 2.75) is 18.9 Å². The van der Waals surface area contributed by atoms with E-state index >= 15 is 0 Å². The molecule has 1 saturated heterocycles. The highest BCUT2D eigenvalue weighted by atomic mass is 35.5. The van der Waals surface area contributed by atoms with Crippen molar-refractivity contribution in [3.63, 3.8) is 0 Å². The standard InChI is InChI=1S/C16H17ClN4O/c17-16-2-1-14-15(21-16)7-11(9-20-14)12(8-18)10-19-13-3-5-22-6-4-13/h1-2,7-10,13,18-19H,3-6H2/p+1/b12-10+,18-8?. The zero-order chi connectivity index (χ0) is 15.4. The predicted molar refractivity (Wildman–Crippen MR) is 87.1 cm³/mol. The van der Waals surface area contributed by atoms with Crippen molar-refractivity contribution < 1.29 is 10.1 Å². The van der Waals surface area contributed by atoms with E-state index in [0.717, 1.165) is 48.2 Å². The van der Waals surface area contributed by atoms with Gasteiger partial charge in [-0.15, -0.1) is 0 Å². The van der Waals surface area contributed by atoms with Crippen LogP contribution in [0.4, 0.5) is 0 Å². The average Bonchev–Trinajstić information content (AvgIpc) is 2.56. The van der Waals surface area contributed by atoms with Crippen molar-refractivity contribution in [3.05, 3.63) is 41.3 Å². The number of allylic oxidation sites excluding steroid dienone is 1. The van der Waals surface area contributed by atoms with Crippen molar-refractivity contribution in [2.24, 2.45) is 0 Å². The normalized spacial score (nSPS) is 16.9. The molecule has 1 fully saturated rings. The van der Waals surface area contributed by atoms with Gasteiger partial charge in [0.25, 0.3) is 0 Å².